The number of carbonyl (C=O) groups excluding carboxylic acids is 1. The highest BCUT2D eigenvalue weighted by Gasteiger charge is 2.40. The van der Waals surface area contributed by atoms with Crippen LogP contribution in [-0.2, 0) is 0 Å². The van der Waals surface area contributed by atoms with E-state index in [2.05, 4.69) is 32.3 Å². The fourth-order valence-electron chi connectivity index (χ4n) is 4.40. The zero-order valence-electron chi connectivity index (χ0n) is 16.7. The van der Waals surface area contributed by atoms with Crippen molar-refractivity contribution in [3.63, 3.8) is 0 Å². The molecule has 0 spiro atoms. The van der Waals surface area contributed by atoms with Gasteiger partial charge >= 0.3 is 0 Å². The van der Waals surface area contributed by atoms with Gasteiger partial charge in [-0.25, -0.2) is 14.4 Å². The number of aromatic nitrogens is 5. The van der Waals surface area contributed by atoms with Crippen LogP contribution in [0.2, 0.25) is 0 Å². The molecule has 1 aliphatic heterocycles. The molecule has 2 atom stereocenters. The summed E-state index contributed by atoms with van der Waals surface area (Å²) < 4.78 is 13.8. The molecule has 0 radical (unpaired) electrons. The molecule has 3 heterocycles. The Labute approximate surface area is 177 Å². The van der Waals surface area contributed by atoms with Gasteiger partial charge in [0.15, 0.2) is 5.69 Å². The molecule has 9 heteroatoms. The summed E-state index contributed by atoms with van der Waals surface area (Å²) >= 11 is 0. The maximum absolute atomic E-state index is 13.8. The summed E-state index contributed by atoms with van der Waals surface area (Å²) in [4.78, 5) is 25.0. The van der Waals surface area contributed by atoms with Gasteiger partial charge in [-0.3, -0.25) is 4.79 Å². The van der Waals surface area contributed by atoms with Gasteiger partial charge in [-0.1, -0.05) is 6.08 Å². The zero-order chi connectivity index (χ0) is 21.5. The maximum atomic E-state index is 13.8. The number of nitrogens with zero attached hydrogens (tertiary/aromatic N) is 7. The third-order valence-electron chi connectivity index (χ3n) is 5.80. The van der Waals surface area contributed by atoms with E-state index in [-0.39, 0.29) is 17.7 Å². The molecular formula is C22H18FN7O. The molecule has 1 fully saturated rings. The monoisotopic (exact) mass is 415 g/mol. The van der Waals surface area contributed by atoms with Crippen LogP contribution in [0.3, 0.4) is 0 Å². The van der Waals surface area contributed by atoms with Crippen LogP contribution in [0.5, 0.6) is 0 Å². The van der Waals surface area contributed by atoms with Crippen molar-refractivity contribution < 1.29 is 9.18 Å². The van der Waals surface area contributed by atoms with Gasteiger partial charge in [-0.15, -0.1) is 0 Å². The lowest BCUT2D eigenvalue weighted by Crippen LogP contribution is -2.30. The lowest BCUT2D eigenvalue weighted by Gasteiger charge is -2.19. The van der Waals surface area contributed by atoms with E-state index in [0.29, 0.717) is 35.7 Å². The Hall–Kier alpha value is -3.93. The second-order valence-electron chi connectivity index (χ2n) is 7.83. The molecule has 1 saturated heterocycles. The van der Waals surface area contributed by atoms with Crippen molar-refractivity contribution in [1.82, 2.24) is 29.9 Å². The Morgan fingerprint density at radius 2 is 2.06 bits per heavy atom. The number of fused-ring (bicyclic) bond motifs is 1. The van der Waals surface area contributed by atoms with Gasteiger partial charge in [0.05, 0.1) is 23.7 Å². The average molecular weight is 415 g/mol. The van der Waals surface area contributed by atoms with E-state index < -0.39 is 5.82 Å². The number of allylic oxidation sites excluding steroid dienone is 1. The number of aryl methyl sites for hydroxylation is 1. The largest absolute Gasteiger partial charge is 0.338 e. The number of halogens is 1. The van der Waals surface area contributed by atoms with Gasteiger partial charge in [0, 0.05) is 25.4 Å². The van der Waals surface area contributed by atoms with Gasteiger partial charge in [-0.05, 0) is 42.9 Å². The molecule has 1 aromatic carbocycles. The van der Waals surface area contributed by atoms with Crippen molar-refractivity contribution >= 4 is 11.5 Å². The van der Waals surface area contributed by atoms with Crippen molar-refractivity contribution in [1.29, 1.82) is 5.26 Å². The third-order valence-corrected chi connectivity index (χ3v) is 5.80. The number of amides is 1. The molecule has 154 valence electrons. The first-order chi connectivity index (χ1) is 15.0. The molecule has 5 rings (SSSR count). The van der Waals surface area contributed by atoms with Gasteiger partial charge < -0.3 is 4.90 Å². The van der Waals surface area contributed by atoms with E-state index in [1.807, 2.05) is 6.92 Å². The smallest absolute Gasteiger partial charge is 0.256 e. The van der Waals surface area contributed by atoms with Crippen molar-refractivity contribution in [2.45, 2.75) is 13.3 Å². The minimum absolute atomic E-state index is 0.176. The molecule has 1 aliphatic carbocycles. The highest BCUT2D eigenvalue weighted by Crippen LogP contribution is 2.41. The van der Waals surface area contributed by atoms with Gasteiger partial charge in [0.1, 0.15) is 23.3 Å². The van der Waals surface area contributed by atoms with Crippen LogP contribution in [0.1, 0.15) is 33.9 Å². The highest BCUT2D eigenvalue weighted by molar-refractivity contribution is 5.98. The highest BCUT2D eigenvalue weighted by atomic mass is 19.1. The maximum Gasteiger partial charge on any atom is 0.256 e. The summed E-state index contributed by atoms with van der Waals surface area (Å²) in [5, 5.41) is 17.4. The first kappa shape index (κ1) is 19.1. The molecule has 2 unspecified atom stereocenters. The lowest BCUT2D eigenvalue weighted by atomic mass is 9.99. The quantitative estimate of drug-likeness (QED) is 0.652. The Balaban J connectivity index is 1.40. The van der Waals surface area contributed by atoms with Gasteiger partial charge in [-0.2, -0.15) is 20.3 Å². The second kappa shape index (κ2) is 7.40. The molecule has 3 aromatic rings. The fraction of sp³-hybridized carbons (Fsp3) is 0.273. The normalized spacial score (nSPS) is 19.8. The number of hydrogen-bond acceptors (Lipinski definition) is 6. The first-order valence-electron chi connectivity index (χ1n) is 9.94. The molecule has 0 saturated carbocycles. The zero-order valence-corrected chi connectivity index (χ0v) is 16.7. The summed E-state index contributed by atoms with van der Waals surface area (Å²) in [5.41, 5.74) is 3.42. The van der Waals surface area contributed by atoms with Crippen molar-refractivity contribution in [3.8, 4) is 11.8 Å². The summed E-state index contributed by atoms with van der Waals surface area (Å²) in [7, 11) is 0. The Morgan fingerprint density at radius 3 is 2.81 bits per heavy atom. The van der Waals surface area contributed by atoms with Crippen LogP contribution < -0.4 is 0 Å². The predicted octanol–water partition coefficient (Wildman–Crippen LogP) is 2.55. The number of nitriles is 1. The Bertz CT molecular complexity index is 1250. The summed E-state index contributed by atoms with van der Waals surface area (Å²) in [6.45, 7) is 2.98. The molecule has 2 aromatic heterocycles. The van der Waals surface area contributed by atoms with Crippen molar-refractivity contribution in [3.05, 3.63) is 71.3 Å². The van der Waals surface area contributed by atoms with Crippen molar-refractivity contribution in [2.24, 2.45) is 11.8 Å². The molecule has 0 bridgehead atoms. The molecule has 8 nitrogen and oxygen atoms in total. The lowest BCUT2D eigenvalue weighted by molar-refractivity contribution is 0.0784. The standard InChI is InChI=1S/C22H18FN7O/c1-13-10-25-19(9-24)21(28-13)14-6-15-11-29(12-16(15)7-14)22(31)18-3-2-17(23)8-20(18)30-26-4-5-27-30/h2-6,8,10,15-16H,7,11-12H2,1H3. The van der Waals surface area contributed by atoms with E-state index >= 15 is 0 Å². The number of rotatable bonds is 3. The Morgan fingerprint density at radius 1 is 1.26 bits per heavy atom. The van der Waals surface area contributed by atoms with E-state index in [1.54, 1.807) is 11.1 Å². The average Bonchev–Trinajstić information content (AvgIpc) is 3.49. The second-order valence-corrected chi connectivity index (χ2v) is 7.83. The van der Waals surface area contributed by atoms with Crippen LogP contribution >= 0.6 is 0 Å². The van der Waals surface area contributed by atoms with Crippen LogP contribution in [-0.4, -0.2) is 48.9 Å². The number of benzene rings is 1. The molecule has 0 N–H and O–H groups in total. The third kappa shape index (κ3) is 3.36. The predicted molar refractivity (Wildman–Crippen MR) is 108 cm³/mol. The number of hydrogen-bond donors (Lipinski definition) is 0. The fourth-order valence-corrected chi connectivity index (χ4v) is 4.40. The summed E-state index contributed by atoms with van der Waals surface area (Å²) in [5.74, 6) is -0.203. The van der Waals surface area contributed by atoms with Crippen LogP contribution in [0.15, 0.2) is 42.9 Å². The number of likely N-dealkylation sites (tertiary alicyclic amines) is 1. The summed E-state index contributed by atoms with van der Waals surface area (Å²) in [6, 6.07) is 6.13. The SMILES string of the molecule is Cc1cnc(C#N)c(C2=CC3CN(C(=O)c4ccc(F)cc4-n4nccn4)CC3C2)n1. The van der Waals surface area contributed by atoms with Crippen LogP contribution in [0.25, 0.3) is 11.3 Å². The van der Waals surface area contributed by atoms with E-state index in [9.17, 15) is 14.4 Å². The van der Waals surface area contributed by atoms with Crippen LogP contribution in [0, 0.1) is 35.9 Å². The molecule has 2 aliphatic rings. The Kier molecular flexibility index (Phi) is 4.55. The van der Waals surface area contributed by atoms with E-state index in [0.717, 1.165) is 17.7 Å². The minimum atomic E-state index is -0.456. The first-order valence-corrected chi connectivity index (χ1v) is 9.94. The summed E-state index contributed by atoms with van der Waals surface area (Å²) in [6.07, 6.45) is 7.40. The van der Waals surface area contributed by atoms with E-state index in [1.165, 1.54) is 35.4 Å². The van der Waals surface area contributed by atoms with Crippen molar-refractivity contribution in [2.75, 3.05) is 13.1 Å². The number of carbonyl (C=O) groups is 1. The van der Waals surface area contributed by atoms with E-state index in [4.69, 9.17) is 0 Å². The van der Waals surface area contributed by atoms with Gasteiger partial charge in [0.2, 0.25) is 0 Å². The topological polar surface area (TPSA) is 101 Å². The van der Waals surface area contributed by atoms with Crippen LogP contribution in [0.4, 0.5) is 4.39 Å². The minimum Gasteiger partial charge on any atom is -0.338 e. The molecular weight excluding hydrogens is 397 g/mol. The molecule has 1 amide bonds. The van der Waals surface area contributed by atoms with Gasteiger partial charge in [0.25, 0.3) is 5.91 Å². The molecule has 31 heavy (non-hydrogen) atoms.